The van der Waals surface area contributed by atoms with E-state index in [4.69, 9.17) is 9.26 Å². The summed E-state index contributed by atoms with van der Waals surface area (Å²) in [7, 11) is 1.68. The maximum absolute atomic E-state index is 13.9. The van der Waals surface area contributed by atoms with Gasteiger partial charge in [-0.05, 0) is 37.5 Å². The minimum absolute atomic E-state index is 0. The Bertz CT molecular complexity index is 748. The Morgan fingerprint density at radius 3 is 2.50 bits per heavy atom. The van der Waals surface area contributed by atoms with Crippen molar-refractivity contribution in [2.24, 2.45) is 4.99 Å². The van der Waals surface area contributed by atoms with Crippen molar-refractivity contribution < 1.29 is 13.7 Å². The van der Waals surface area contributed by atoms with Crippen LogP contribution in [0, 0.1) is 5.82 Å². The summed E-state index contributed by atoms with van der Waals surface area (Å²) in [4.78, 5) is 4.18. The second kappa shape index (κ2) is 12.6. The monoisotopic (exact) mass is 504 g/mol. The fourth-order valence-corrected chi connectivity index (χ4v) is 2.82. The highest BCUT2D eigenvalue weighted by atomic mass is 127. The second-order valence-electron chi connectivity index (χ2n) is 6.21. The summed E-state index contributed by atoms with van der Waals surface area (Å²) in [5.41, 5.74) is 1.79. The molecule has 28 heavy (non-hydrogen) atoms. The molecule has 0 aliphatic heterocycles. The number of halogens is 2. The highest BCUT2D eigenvalue weighted by Gasteiger charge is 2.13. The molecular weight excluding hydrogens is 474 g/mol. The van der Waals surface area contributed by atoms with E-state index in [0.717, 1.165) is 29.9 Å². The molecule has 2 rings (SSSR count). The number of hydrogen-bond donors (Lipinski definition) is 2. The number of benzene rings is 1. The van der Waals surface area contributed by atoms with E-state index >= 15 is 0 Å². The van der Waals surface area contributed by atoms with Crippen LogP contribution in [0.15, 0.2) is 33.8 Å². The molecule has 0 aliphatic carbocycles. The molecule has 156 valence electrons. The molecule has 0 saturated carbocycles. The van der Waals surface area contributed by atoms with Crippen molar-refractivity contribution in [2.75, 3.05) is 13.7 Å². The van der Waals surface area contributed by atoms with Crippen LogP contribution >= 0.6 is 24.0 Å². The summed E-state index contributed by atoms with van der Waals surface area (Å²) in [5, 5.41) is 10.5. The zero-order chi connectivity index (χ0) is 19.6. The van der Waals surface area contributed by atoms with E-state index in [0.29, 0.717) is 31.6 Å². The molecule has 8 heteroatoms. The molecule has 0 atom stereocenters. The lowest BCUT2D eigenvalue weighted by Crippen LogP contribution is -2.36. The fourth-order valence-electron chi connectivity index (χ4n) is 2.82. The van der Waals surface area contributed by atoms with Gasteiger partial charge in [-0.2, -0.15) is 0 Å². The van der Waals surface area contributed by atoms with Gasteiger partial charge >= 0.3 is 0 Å². The number of hydrogen-bond acceptors (Lipinski definition) is 4. The van der Waals surface area contributed by atoms with Crippen molar-refractivity contribution in [3.05, 3.63) is 47.1 Å². The largest absolute Gasteiger partial charge is 0.491 e. The van der Waals surface area contributed by atoms with Gasteiger partial charge in [0.15, 0.2) is 23.3 Å². The summed E-state index contributed by atoms with van der Waals surface area (Å²) in [6, 6.07) is 6.91. The number of aliphatic imine (C=N–C) groups is 1. The van der Waals surface area contributed by atoms with Gasteiger partial charge in [0.1, 0.15) is 0 Å². The molecule has 0 spiro atoms. The first kappa shape index (κ1) is 24.2. The Morgan fingerprint density at radius 1 is 1.18 bits per heavy atom. The van der Waals surface area contributed by atoms with Gasteiger partial charge in [-0.25, -0.2) is 4.39 Å². The maximum Gasteiger partial charge on any atom is 0.191 e. The molecule has 0 aliphatic rings. The minimum Gasteiger partial charge on any atom is -0.491 e. The van der Waals surface area contributed by atoms with Crippen LogP contribution in [0.4, 0.5) is 4.39 Å². The number of guanidine groups is 1. The standard InChI is InChI=1S/C20H29FN4O2.HI/c1-5-15(6-2)18-11-16(27-25-18)13-24-20(22-4)23-12-14-8-9-19(26-7-3)17(21)10-14;/h8-11,15H,5-7,12-13H2,1-4H3,(H2,22,23,24);1H. The molecule has 0 amide bonds. The number of rotatable bonds is 9. The third-order valence-corrected chi connectivity index (χ3v) is 4.39. The van der Waals surface area contributed by atoms with Crippen LogP contribution in [0.1, 0.15) is 56.5 Å². The van der Waals surface area contributed by atoms with Crippen molar-refractivity contribution in [1.82, 2.24) is 15.8 Å². The summed E-state index contributed by atoms with van der Waals surface area (Å²) in [6.45, 7) is 7.48. The smallest absolute Gasteiger partial charge is 0.191 e. The van der Waals surface area contributed by atoms with Gasteiger partial charge in [-0.1, -0.05) is 25.1 Å². The molecule has 6 nitrogen and oxygen atoms in total. The molecule has 0 unspecified atom stereocenters. The quantitative estimate of drug-likeness (QED) is 0.297. The minimum atomic E-state index is -0.366. The fraction of sp³-hybridized carbons (Fsp3) is 0.500. The molecule has 2 aromatic rings. The van der Waals surface area contributed by atoms with Gasteiger partial charge in [-0.15, -0.1) is 24.0 Å². The lowest BCUT2D eigenvalue weighted by atomic mass is 9.99. The van der Waals surface area contributed by atoms with Crippen molar-refractivity contribution in [2.45, 2.75) is 52.6 Å². The van der Waals surface area contributed by atoms with Crippen LogP contribution in [0.2, 0.25) is 0 Å². The third-order valence-electron chi connectivity index (χ3n) is 4.39. The highest BCUT2D eigenvalue weighted by Crippen LogP contribution is 2.22. The predicted octanol–water partition coefficient (Wildman–Crippen LogP) is 4.60. The molecule has 1 heterocycles. The van der Waals surface area contributed by atoms with E-state index in [1.54, 1.807) is 13.1 Å². The van der Waals surface area contributed by atoms with E-state index in [1.807, 2.05) is 19.1 Å². The average molecular weight is 504 g/mol. The molecule has 0 radical (unpaired) electrons. The zero-order valence-electron chi connectivity index (χ0n) is 16.9. The number of nitrogens with zero attached hydrogens (tertiary/aromatic N) is 2. The highest BCUT2D eigenvalue weighted by molar-refractivity contribution is 14.0. The van der Waals surface area contributed by atoms with E-state index in [1.165, 1.54) is 6.07 Å². The normalized spacial score (nSPS) is 11.3. The van der Waals surface area contributed by atoms with Crippen molar-refractivity contribution in [1.29, 1.82) is 0 Å². The summed E-state index contributed by atoms with van der Waals surface area (Å²) in [6.07, 6.45) is 2.08. The van der Waals surface area contributed by atoms with Gasteiger partial charge in [-0.3, -0.25) is 4.99 Å². The maximum atomic E-state index is 13.9. The van der Waals surface area contributed by atoms with E-state index in [-0.39, 0.29) is 35.5 Å². The van der Waals surface area contributed by atoms with E-state index in [9.17, 15) is 4.39 Å². The SMILES string of the molecule is CCOc1ccc(CNC(=NC)NCc2cc(C(CC)CC)no2)cc1F.I. The van der Waals surface area contributed by atoms with Gasteiger partial charge in [0.25, 0.3) is 0 Å². The zero-order valence-corrected chi connectivity index (χ0v) is 19.2. The van der Waals surface area contributed by atoms with Gasteiger partial charge in [0.2, 0.25) is 0 Å². The number of nitrogens with one attached hydrogen (secondary N) is 2. The Morgan fingerprint density at radius 2 is 1.89 bits per heavy atom. The van der Waals surface area contributed by atoms with Crippen LogP contribution in [-0.2, 0) is 13.1 Å². The van der Waals surface area contributed by atoms with Crippen LogP contribution in [-0.4, -0.2) is 24.8 Å². The number of ether oxygens (including phenoxy) is 1. The van der Waals surface area contributed by atoms with Gasteiger partial charge in [0, 0.05) is 25.6 Å². The van der Waals surface area contributed by atoms with Crippen LogP contribution in [0.5, 0.6) is 5.75 Å². The van der Waals surface area contributed by atoms with E-state index in [2.05, 4.69) is 34.6 Å². The predicted molar refractivity (Wildman–Crippen MR) is 120 cm³/mol. The first-order valence-electron chi connectivity index (χ1n) is 9.42. The van der Waals surface area contributed by atoms with Crippen molar-refractivity contribution >= 4 is 29.9 Å². The first-order valence-corrected chi connectivity index (χ1v) is 9.42. The molecule has 0 saturated heterocycles. The Kier molecular flexibility index (Phi) is 10.9. The second-order valence-corrected chi connectivity index (χ2v) is 6.21. The third kappa shape index (κ3) is 6.96. The molecular formula is C20H30FIN4O2. The Balaban J connectivity index is 0.00000392. The molecule has 0 fully saturated rings. The Hall–Kier alpha value is -1.84. The topological polar surface area (TPSA) is 71.7 Å². The summed E-state index contributed by atoms with van der Waals surface area (Å²) >= 11 is 0. The summed E-state index contributed by atoms with van der Waals surface area (Å²) in [5.74, 6) is 1.68. The average Bonchev–Trinajstić information content (AvgIpc) is 3.14. The van der Waals surface area contributed by atoms with Crippen LogP contribution in [0.3, 0.4) is 0 Å². The molecule has 0 bridgehead atoms. The first-order chi connectivity index (χ1) is 13.1. The molecule has 2 N–H and O–H groups in total. The van der Waals surface area contributed by atoms with Gasteiger partial charge < -0.3 is 19.9 Å². The van der Waals surface area contributed by atoms with Crippen LogP contribution in [0.25, 0.3) is 0 Å². The molecule has 1 aromatic heterocycles. The lowest BCUT2D eigenvalue weighted by molar-refractivity contribution is 0.321. The molecule has 1 aromatic carbocycles. The number of aromatic nitrogens is 1. The van der Waals surface area contributed by atoms with Crippen molar-refractivity contribution in [3.63, 3.8) is 0 Å². The van der Waals surface area contributed by atoms with Crippen LogP contribution < -0.4 is 15.4 Å². The van der Waals surface area contributed by atoms with Crippen molar-refractivity contribution in [3.8, 4) is 5.75 Å². The van der Waals surface area contributed by atoms with Gasteiger partial charge in [0.05, 0.1) is 18.8 Å². The summed E-state index contributed by atoms with van der Waals surface area (Å²) < 4.78 is 24.5. The van der Waals surface area contributed by atoms with E-state index < -0.39 is 0 Å². The lowest BCUT2D eigenvalue weighted by Gasteiger charge is -2.12. The Labute approximate surface area is 183 Å².